The van der Waals surface area contributed by atoms with E-state index in [0.29, 0.717) is 18.6 Å². The lowest BCUT2D eigenvalue weighted by Gasteiger charge is -2.33. The highest BCUT2D eigenvalue weighted by molar-refractivity contribution is 9.10. The molecule has 1 rings (SSSR count). The van der Waals surface area contributed by atoms with Gasteiger partial charge in [-0.3, -0.25) is 11.3 Å². The van der Waals surface area contributed by atoms with Crippen LogP contribution in [0.1, 0.15) is 26.3 Å². The van der Waals surface area contributed by atoms with Crippen molar-refractivity contribution in [2.24, 2.45) is 5.84 Å². The van der Waals surface area contributed by atoms with E-state index in [9.17, 15) is 4.39 Å². The number of nitrogens with two attached hydrogens (primary N) is 1. The van der Waals surface area contributed by atoms with Crippen molar-refractivity contribution >= 4 is 15.9 Å². The zero-order chi connectivity index (χ0) is 13.8. The summed E-state index contributed by atoms with van der Waals surface area (Å²) < 4.78 is 20.2. The van der Waals surface area contributed by atoms with Crippen LogP contribution < -0.4 is 11.3 Å². The van der Waals surface area contributed by atoms with Gasteiger partial charge < -0.3 is 4.74 Å². The Kier molecular flexibility index (Phi) is 5.72. The fraction of sp³-hybridized carbons (Fsp3) is 0.538. The van der Waals surface area contributed by atoms with Crippen LogP contribution in [0.5, 0.6) is 0 Å². The summed E-state index contributed by atoms with van der Waals surface area (Å²) in [6.45, 7) is 6.40. The first-order valence-corrected chi connectivity index (χ1v) is 6.74. The molecule has 102 valence electrons. The largest absolute Gasteiger partial charge is 0.374 e. The summed E-state index contributed by atoms with van der Waals surface area (Å²) in [4.78, 5) is 0. The first kappa shape index (κ1) is 15.6. The number of benzene rings is 1. The van der Waals surface area contributed by atoms with Crippen LogP contribution >= 0.6 is 15.9 Å². The fourth-order valence-corrected chi connectivity index (χ4v) is 2.31. The minimum absolute atomic E-state index is 0.166. The van der Waals surface area contributed by atoms with Gasteiger partial charge in [0, 0.05) is 11.1 Å². The predicted octanol–water partition coefficient (Wildman–Crippen LogP) is 2.78. The molecule has 1 unspecified atom stereocenters. The lowest BCUT2D eigenvalue weighted by atomic mass is 9.92. The van der Waals surface area contributed by atoms with Crippen molar-refractivity contribution in [3.8, 4) is 0 Å². The van der Waals surface area contributed by atoms with Gasteiger partial charge >= 0.3 is 0 Å². The average molecular weight is 319 g/mol. The van der Waals surface area contributed by atoms with E-state index >= 15 is 0 Å². The number of hydrogen-bond acceptors (Lipinski definition) is 3. The monoisotopic (exact) mass is 318 g/mol. The molecular weight excluding hydrogens is 299 g/mol. The highest BCUT2D eigenvalue weighted by atomic mass is 79.9. The van der Waals surface area contributed by atoms with Crippen molar-refractivity contribution in [2.75, 3.05) is 6.61 Å². The first-order valence-electron chi connectivity index (χ1n) is 5.94. The molecule has 0 aliphatic carbocycles. The third kappa shape index (κ3) is 4.02. The normalized spacial score (nSPS) is 13.7. The van der Waals surface area contributed by atoms with Gasteiger partial charge in [0.05, 0.1) is 11.6 Å². The third-order valence-electron chi connectivity index (χ3n) is 2.99. The smallest absolute Gasteiger partial charge is 0.126 e. The van der Waals surface area contributed by atoms with Gasteiger partial charge in [0.2, 0.25) is 0 Å². The summed E-state index contributed by atoms with van der Waals surface area (Å²) in [7, 11) is 0. The second kappa shape index (κ2) is 6.61. The van der Waals surface area contributed by atoms with Gasteiger partial charge in [0.15, 0.2) is 0 Å². The molecule has 0 heterocycles. The van der Waals surface area contributed by atoms with Gasteiger partial charge in [-0.05, 0) is 51.0 Å². The maximum absolute atomic E-state index is 13.7. The Labute approximate surface area is 116 Å². The number of ether oxygens (including phenoxy) is 1. The Hall–Kier alpha value is -0.490. The van der Waals surface area contributed by atoms with Crippen LogP contribution in [0.3, 0.4) is 0 Å². The van der Waals surface area contributed by atoms with Gasteiger partial charge in [-0.2, -0.15) is 0 Å². The number of halogens is 2. The summed E-state index contributed by atoms with van der Waals surface area (Å²) in [5.74, 6) is 5.33. The summed E-state index contributed by atoms with van der Waals surface area (Å²) in [5, 5.41) is 0. The van der Waals surface area contributed by atoms with E-state index < -0.39 is 5.60 Å². The number of rotatable bonds is 6. The summed E-state index contributed by atoms with van der Waals surface area (Å²) in [5.41, 5.74) is 2.87. The van der Waals surface area contributed by atoms with Crippen molar-refractivity contribution < 1.29 is 9.13 Å². The zero-order valence-corrected chi connectivity index (χ0v) is 12.6. The van der Waals surface area contributed by atoms with Crippen LogP contribution in [0.4, 0.5) is 4.39 Å². The molecule has 0 spiro atoms. The van der Waals surface area contributed by atoms with Crippen molar-refractivity contribution in [3.05, 3.63) is 34.1 Å². The molecule has 0 aliphatic rings. The Morgan fingerprint density at radius 3 is 2.72 bits per heavy atom. The first-order chi connectivity index (χ1) is 8.40. The van der Waals surface area contributed by atoms with Gasteiger partial charge in [-0.15, -0.1) is 0 Å². The molecule has 0 bridgehead atoms. The summed E-state index contributed by atoms with van der Waals surface area (Å²) in [6.07, 6.45) is 0.467. The quantitative estimate of drug-likeness (QED) is 0.626. The molecule has 0 aliphatic heterocycles. The van der Waals surface area contributed by atoms with E-state index in [1.54, 1.807) is 12.1 Å². The molecule has 0 amide bonds. The Balaban J connectivity index is 2.89. The maximum atomic E-state index is 13.7. The maximum Gasteiger partial charge on any atom is 0.126 e. The number of hydrogen-bond donors (Lipinski definition) is 2. The van der Waals surface area contributed by atoms with E-state index in [1.165, 1.54) is 6.07 Å². The zero-order valence-electron chi connectivity index (χ0n) is 11.0. The third-order valence-corrected chi connectivity index (χ3v) is 3.48. The van der Waals surface area contributed by atoms with E-state index in [-0.39, 0.29) is 11.9 Å². The molecule has 0 aromatic heterocycles. The molecule has 3 nitrogen and oxygen atoms in total. The highest BCUT2D eigenvalue weighted by Crippen LogP contribution is 2.22. The van der Waals surface area contributed by atoms with Crippen LogP contribution in [0.25, 0.3) is 0 Å². The molecule has 18 heavy (non-hydrogen) atoms. The van der Waals surface area contributed by atoms with Crippen LogP contribution in [-0.4, -0.2) is 18.2 Å². The number of nitrogens with one attached hydrogen (secondary N) is 1. The van der Waals surface area contributed by atoms with Gasteiger partial charge in [-0.25, -0.2) is 4.39 Å². The second-order valence-electron chi connectivity index (χ2n) is 4.70. The number of hydrazine groups is 1. The van der Waals surface area contributed by atoms with Crippen LogP contribution in [0.15, 0.2) is 22.7 Å². The average Bonchev–Trinajstić information content (AvgIpc) is 2.29. The molecular formula is C13H20BrFN2O. The van der Waals surface area contributed by atoms with Crippen LogP contribution in [0.2, 0.25) is 0 Å². The Morgan fingerprint density at radius 2 is 2.17 bits per heavy atom. The van der Waals surface area contributed by atoms with Gasteiger partial charge in [0.25, 0.3) is 0 Å². The van der Waals surface area contributed by atoms with Crippen molar-refractivity contribution in [2.45, 2.75) is 38.8 Å². The van der Waals surface area contributed by atoms with Crippen molar-refractivity contribution in [1.29, 1.82) is 0 Å². The van der Waals surface area contributed by atoms with Gasteiger partial charge in [0.1, 0.15) is 5.82 Å². The van der Waals surface area contributed by atoms with E-state index in [4.69, 9.17) is 10.6 Å². The summed E-state index contributed by atoms with van der Waals surface area (Å²) >= 11 is 3.34. The fourth-order valence-electron chi connectivity index (χ4n) is 1.90. The summed E-state index contributed by atoms with van der Waals surface area (Å²) in [6, 6.07) is 4.72. The van der Waals surface area contributed by atoms with Crippen LogP contribution in [0, 0.1) is 5.82 Å². The topological polar surface area (TPSA) is 47.3 Å². The van der Waals surface area contributed by atoms with E-state index in [0.717, 1.165) is 4.47 Å². The highest BCUT2D eigenvalue weighted by Gasteiger charge is 2.30. The lowest BCUT2D eigenvalue weighted by Crippen LogP contribution is -2.52. The van der Waals surface area contributed by atoms with Crippen LogP contribution in [-0.2, 0) is 11.2 Å². The SMILES string of the molecule is CCOC(C)(C)C(Cc1cc(Br)ccc1F)NN. The Bertz CT molecular complexity index is 399. The van der Waals surface area contributed by atoms with Crippen molar-refractivity contribution in [3.63, 3.8) is 0 Å². The predicted molar refractivity (Wildman–Crippen MR) is 74.6 cm³/mol. The lowest BCUT2D eigenvalue weighted by molar-refractivity contribution is -0.0382. The minimum Gasteiger partial charge on any atom is -0.374 e. The standard InChI is InChI=1S/C13H20BrFN2O/c1-4-18-13(2,3)12(17-16)8-9-7-10(14)5-6-11(9)15/h5-7,12,17H,4,8,16H2,1-3H3. The Morgan fingerprint density at radius 1 is 1.50 bits per heavy atom. The van der Waals surface area contributed by atoms with Gasteiger partial charge in [-0.1, -0.05) is 15.9 Å². The molecule has 3 N–H and O–H groups in total. The molecule has 0 fully saturated rings. The second-order valence-corrected chi connectivity index (χ2v) is 5.61. The molecule has 1 atom stereocenters. The minimum atomic E-state index is -0.460. The van der Waals surface area contributed by atoms with Crippen molar-refractivity contribution in [1.82, 2.24) is 5.43 Å². The molecule has 0 radical (unpaired) electrons. The van der Waals surface area contributed by atoms with E-state index in [2.05, 4.69) is 21.4 Å². The molecule has 5 heteroatoms. The molecule has 0 saturated carbocycles. The molecule has 1 aromatic rings. The molecule has 1 aromatic carbocycles. The van der Waals surface area contributed by atoms with E-state index in [1.807, 2.05) is 20.8 Å². The molecule has 0 saturated heterocycles.